The van der Waals surface area contributed by atoms with E-state index >= 15 is 0 Å². The molecule has 2 rings (SSSR count). The van der Waals surface area contributed by atoms with Gasteiger partial charge in [-0.3, -0.25) is 4.79 Å². The number of nitrogens with one attached hydrogen (secondary N) is 2. The molecule has 0 aromatic heterocycles. The zero-order valence-corrected chi connectivity index (χ0v) is 11.9. The number of aryl methyl sites for hydroxylation is 1. The minimum atomic E-state index is -0.0528. The van der Waals surface area contributed by atoms with E-state index in [0.29, 0.717) is 11.3 Å². The lowest BCUT2D eigenvalue weighted by Crippen LogP contribution is -2.35. The lowest BCUT2D eigenvalue weighted by Gasteiger charge is -2.16. The van der Waals surface area contributed by atoms with Gasteiger partial charge in [-0.25, -0.2) is 0 Å². The van der Waals surface area contributed by atoms with E-state index < -0.39 is 0 Å². The second-order valence-electron chi connectivity index (χ2n) is 5.42. The summed E-state index contributed by atoms with van der Waals surface area (Å²) in [4.78, 5) is 12.2. The summed E-state index contributed by atoms with van der Waals surface area (Å²) in [6.45, 7) is 3.65. The molecule has 0 unspecified atom stereocenters. The fourth-order valence-corrected chi connectivity index (χ4v) is 2.33. The van der Waals surface area contributed by atoms with Crippen molar-refractivity contribution in [2.45, 2.75) is 19.8 Å². The van der Waals surface area contributed by atoms with E-state index in [9.17, 15) is 4.79 Å². The molecule has 1 saturated carbocycles. The van der Waals surface area contributed by atoms with E-state index in [-0.39, 0.29) is 11.3 Å². The van der Waals surface area contributed by atoms with E-state index in [4.69, 9.17) is 4.74 Å². The van der Waals surface area contributed by atoms with Crippen LogP contribution in [0.15, 0.2) is 18.2 Å². The molecule has 0 bridgehead atoms. The van der Waals surface area contributed by atoms with Crippen LogP contribution in [0.2, 0.25) is 0 Å². The molecule has 1 aliphatic rings. The van der Waals surface area contributed by atoms with Gasteiger partial charge in [-0.2, -0.15) is 0 Å². The van der Waals surface area contributed by atoms with E-state index in [0.717, 1.165) is 18.7 Å². The lowest BCUT2D eigenvalue weighted by atomic mass is 10.1. The summed E-state index contributed by atoms with van der Waals surface area (Å²) < 4.78 is 5.24. The van der Waals surface area contributed by atoms with E-state index in [1.54, 1.807) is 7.11 Å². The Morgan fingerprint density at radius 1 is 1.37 bits per heavy atom. The molecule has 1 amide bonds. The molecule has 0 atom stereocenters. The molecule has 19 heavy (non-hydrogen) atoms. The molecule has 0 spiro atoms. The first kappa shape index (κ1) is 13.9. The molecular formula is C15H22N2O2. The fourth-order valence-electron chi connectivity index (χ4n) is 2.33. The number of amides is 1. The smallest absolute Gasteiger partial charge is 0.255 e. The third kappa shape index (κ3) is 3.26. The normalized spacial score (nSPS) is 15.9. The third-order valence-electron chi connectivity index (χ3n) is 3.73. The Labute approximate surface area is 114 Å². The van der Waals surface area contributed by atoms with Gasteiger partial charge in [0.2, 0.25) is 0 Å². The van der Waals surface area contributed by atoms with Gasteiger partial charge in [-0.15, -0.1) is 0 Å². The maximum atomic E-state index is 12.2. The molecule has 0 saturated heterocycles. The van der Waals surface area contributed by atoms with Crippen LogP contribution in [-0.4, -0.2) is 33.2 Å². The highest BCUT2D eigenvalue weighted by atomic mass is 16.5. The Bertz CT molecular complexity index is 467. The largest absolute Gasteiger partial charge is 0.496 e. The van der Waals surface area contributed by atoms with Gasteiger partial charge in [0.05, 0.1) is 12.7 Å². The summed E-state index contributed by atoms with van der Waals surface area (Å²) in [5, 5.41) is 6.22. The topological polar surface area (TPSA) is 50.4 Å². The van der Waals surface area contributed by atoms with Crippen LogP contribution >= 0.6 is 0 Å². The predicted octanol–water partition coefficient (Wildman–Crippen LogP) is 1.73. The van der Waals surface area contributed by atoms with Crippen LogP contribution < -0.4 is 15.4 Å². The van der Waals surface area contributed by atoms with Gasteiger partial charge in [-0.1, -0.05) is 11.6 Å². The molecule has 1 aromatic carbocycles. The number of hydrogen-bond acceptors (Lipinski definition) is 3. The highest BCUT2D eigenvalue weighted by molar-refractivity contribution is 5.97. The molecule has 0 aliphatic heterocycles. The predicted molar refractivity (Wildman–Crippen MR) is 75.7 cm³/mol. The number of carbonyl (C=O) groups excluding carboxylic acids is 1. The van der Waals surface area contributed by atoms with E-state index in [1.807, 2.05) is 32.2 Å². The maximum Gasteiger partial charge on any atom is 0.255 e. The summed E-state index contributed by atoms with van der Waals surface area (Å²) in [6.07, 6.45) is 2.36. The quantitative estimate of drug-likeness (QED) is 0.821. The Balaban J connectivity index is 2.02. The molecule has 1 aromatic rings. The first-order valence-corrected chi connectivity index (χ1v) is 6.68. The molecular weight excluding hydrogens is 240 g/mol. The van der Waals surface area contributed by atoms with Crippen LogP contribution in [-0.2, 0) is 0 Å². The van der Waals surface area contributed by atoms with Crippen molar-refractivity contribution in [2.75, 3.05) is 27.2 Å². The summed E-state index contributed by atoms with van der Waals surface area (Å²) in [5.74, 6) is 0.574. The highest BCUT2D eigenvalue weighted by Gasteiger charge is 2.42. The van der Waals surface area contributed by atoms with Crippen molar-refractivity contribution in [3.05, 3.63) is 29.3 Å². The molecule has 2 N–H and O–H groups in total. The van der Waals surface area contributed by atoms with Gasteiger partial charge < -0.3 is 15.4 Å². The van der Waals surface area contributed by atoms with Crippen molar-refractivity contribution in [1.82, 2.24) is 10.6 Å². The van der Waals surface area contributed by atoms with Crippen molar-refractivity contribution < 1.29 is 9.53 Å². The monoisotopic (exact) mass is 262 g/mol. The van der Waals surface area contributed by atoms with E-state index in [2.05, 4.69) is 10.6 Å². The first-order valence-electron chi connectivity index (χ1n) is 6.68. The number of hydrogen-bond donors (Lipinski definition) is 2. The molecule has 1 aliphatic carbocycles. The zero-order valence-electron chi connectivity index (χ0n) is 11.9. The Morgan fingerprint density at radius 3 is 2.68 bits per heavy atom. The first-order chi connectivity index (χ1) is 9.10. The summed E-state index contributed by atoms with van der Waals surface area (Å²) >= 11 is 0. The van der Waals surface area contributed by atoms with Gasteiger partial charge >= 0.3 is 0 Å². The fraction of sp³-hybridized carbons (Fsp3) is 0.533. The van der Waals surface area contributed by atoms with Crippen molar-refractivity contribution >= 4 is 5.91 Å². The van der Waals surface area contributed by atoms with Gasteiger partial charge in [-0.05, 0) is 38.9 Å². The Kier molecular flexibility index (Phi) is 4.10. The molecule has 1 fully saturated rings. The van der Waals surface area contributed by atoms with Crippen LogP contribution in [0.5, 0.6) is 5.75 Å². The zero-order chi connectivity index (χ0) is 13.9. The molecule has 4 nitrogen and oxygen atoms in total. The second kappa shape index (κ2) is 5.61. The summed E-state index contributed by atoms with van der Waals surface area (Å²) in [7, 11) is 3.54. The van der Waals surface area contributed by atoms with Gasteiger partial charge in [0.1, 0.15) is 5.75 Å². The van der Waals surface area contributed by atoms with Gasteiger partial charge in [0.25, 0.3) is 5.91 Å². The summed E-state index contributed by atoms with van der Waals surface area (Å²) in [5.41, 5.74) is 1.94. The standard InChI is InChI=1S/C15H22N2O2/c1-11-4-5-13(19-3)12(8-11)14(18)17-10-15(6-7-15)9-16-2/h4-5,8,16H,6-7,9-10H2,1-3H3,(H,17,18). The van der Waals surface area contributed by atoms with E-state index in [1.165, 1.54) is 12.8 Å². The van der Waals surface area contributed by atoms with Crippen molar-refractivity contribution in [1.29, 1.82) is 0 Å². The molecule has 104 valence electrons. The Morgan fingerprint density at radius 2 is 2.11 bits per heavy atom. The van der Waals surface area contributed by atoms with Crippen LogP contribution in [0.4, 0.5) is 0 Å². The summed E-state index contributed by atoms with van der Waals surface area (Å²) in [6, 6.07) is 5.65. The number of rotatable bonds is 6. The van der Waals surface area contributed by atoms with Gasteiger partial charge in [0, 0.05) is 18.5 Å². The number of carbonyl (C=O) groups is 1. The second-order valence-corrected chi connectivity index (χ2v) is 5.42. The minimum absolute atomic E-state index is 0.0528. The van der Waals surface area contributed by atoms with Crippen molar-refractivity contribution in [3.63, 3.8) is 0 Å². The van der Waals surface area contributed by atoms with Crippen molar-refractivity contribution in [2.24, 2.45) is 5.41 Å². The molecule has 0 heterocycles. The number of benzene rings is 1. The number of methoxy groups -OCH3 is 1. The van der Waals surface area contributed by atoms with Gasteiger partial charge in [0.15, 0.2) is 0 Å². The minimum Gasteiger partial charge on any atom is -0.496 e. The Hall–Kier alpha value is -1.55. The van der Waals surface area contributed by atoms with Crippen molar-refractivity contribution in [3.8, 4) is 5.75 Å². The van der Waals surface area contributed by atoms with Crippen LogP contribution in [0.1, 0.15) is 28.8 Å². The third-order valence-corrected chi connectivity index (χ3v) is 3.73. The van der Waals surface area contributed by atoms with Crippen LogP contribution in [0.3, 0.4) is 0 Å². The SMILES string of the molecule is CNCC1(CNC(=O)c2cc(C)ccc2OC)CC1. The highest BCUT2D eigenvalue weighted by Crippen LogP contribution is 2.44. The van der Waals surface area contributed by atoms with Crippen LogP contribution in [0, 0.1) is 12.3 Å². The molecule has 0 radical (unpaired) electrons. The number of ether oxygens (including phenoxy) is 1. The lowest BCUT2D eigenvalue weighted by molar-refractivity contribution is 0.0941. The average Bonchev–Trinajstić information content (AvgIpc) is 3.17. The molecule has 4 heteroatoms. The van der Waals surface area contributed by atoms with Crippen LogP contribution in [0.25, 0.3) is 0 Å². The average molecular weight is 262 g/mol. The maximum absolute atomic E-state index is 12.2.